The van der Waals surface area contributed by atoms with E-state index in [9.17, 15) is 9.59 Å². The molecule has 1 saturated heterocycles. The molecule has 1 heterocycles. The molecule has 1 fully saturated rings. The summed E-state index contributed by atoms with van der Waals surface area (Å²) in [5.41, 5.74) is 0. The van der Waals surface area contributed by atoms with Crippen molar-refractivity contribution in [1.29, 1.82) is 0 Å². The van der Waals surface area contributed by atoms with Gasteiger partial charge < -0.3 is 14.2 Å². The van der Waals surface area contributed by atoms with Gasteiger partial charge in [0.05, 0.1) is 6.61 Å². The van der Waals surface area contributed by atoms with Gasteiger partial charge in [-0.15, -0.1) is 0 Å². The minimum Gasteiger partial charge on any atom is -0.460 e. The van der Waals surface area contributed by atoms with E-state index in [1.165, 1.54) is 13.8 Å². The fraction of sp³-hybridized carbons (Fsp3) is 0.750. The van der Waals surface area contributed by atoms with Crippen molar-refractivity contribution in [2.24, 2.45) is 0 Å². The molecule has 2 atom stereocenters. The first-order chi connectivity index (χ1) is 6.08. The Morgan fingerprint density at radius 2 is 1.85 bits per heavy atom. The van der Waals surface area contributed by atoms with E-state index in [0.717, 1.165) is 0 Å². The van der Waals surface area contributed by atoms with Gasteiger partial charge in [-0.3, -0.25) is 9.59 Å². The summed E-state index contributed by atoms with van der Waals surface area (Å²) >= 11 is 0. The number of rotatable bonds is 2. The first-order valence-electron chi connectivity index (χ1n) is 4.04. The number of carbonyl (C=O) groups is 2. The summed E-state index contributed by atoms with van der Waals surface area (Å²) in [5.74, 6) is -0.745. The monoisotopic (exact) mass is 188 g/mol. The Morgan fingerprint density at radius 1 is 1.23 bits per heavy atom. The highest BCUT2D eigenvalue weighted by Crippen LogP contribution is 2.17. The van der Waals surface area contributed by atoms with Crippen molar-refractivity contribution in [3.8, 4) is 0 Å². The molecule has 0 amide bonds. The van der Waals surface area contributed by atoms with E-state index in [-0.39, 0.29) is 18.7 Å². The van der Waals surface area contributed by atoms with E-state index < -0.39 is 12.3 Å². The summed E-state index contributed by atoms with van der Waals surface area (Å²) in [4.78, 5) is 21.1. The molecule has 74 valence electrons. The van der Waals surface area contributed by atoms with Gasteiger partial charge in [0.2, 0.25) is 6.29 Å². The Morgan fingerprint density at radius 3 is 2.38 bits per heavy atom. The van der Waals surface area contributed by atoms with E-state index in [0.29, 0.717) is 6.42 Å². The molecular formula is C8H12O5. The summed E-state index contributed by atoms with van der Waals surface area (Å²) in [5, 5.41) is 0. The lowest BCUT2D eigenvalue weighted by molar-refractivity contribution is -0.167. The van der Waals surface area contributed by atoms with Crippen molar-refractivity contribution in [3.63, 3.8) is 0 Å². The molecule has 0 aliphatic carbocycles. The molecule has 0 N–H and O–H groups in total. The Hall–Kier alpha value is -1.10. The first-order valence-corrected chi connectivity index (χ1v) is 4.04. The summed E-state index contributed by atoms with van der Waals surface area (Å²) in [6.45, 7) is 2.93. The molecule has 0 bridgehead atoms. The third kappa shape index (κ3) is 3.42. The van der Waals surface area contributed by atoms with E-state index in [2.05, 4.69) is 0 Å². The predicted octanol–water partition coefficient (Wildman–Crippen LogP) is 0.228. The topological polar surface area (TPSA) is 61.8 Å². The van der Waals surface area contributed by atoms with E-state index >= 15 is 0 Å². The van der Waals surface area contributed by atoms with Crippen LogP contribution in [0.3, 0.4) is 0 Å². The molecule has 0 aromatic rings. The number of esters is 2. The van der Waals surface area contributed by atoms with Crippen LogP contribution in [0.25, 0.3) is 0 Å². The maximum atomic E-state index is 10.5. The fourth-order valence-electron chi connectivity index (χ4n) is 1.15. The van der Waals surface area contributed by atoms with Crippen molar-refractivity contribution >= 4 is 11.9 Å². The highest BCUT2D eigenvalue weighted by atomic mass is 16.7. The lowest BCUT2D eigenvalue weighted by Gasteiger charge is -2.08. The van der Waals surface area contributed by atoms with E-state index in [4.69, 9.17) is 14.2 Å². The molecule has 5 heteroatoms. The van der Waals surface area contributed by atoms with Crippen LogP contribution in [0.2, 0.25) is 0 Å². The SMILES string of the molecule is CC(=O)OC1COC(OC(C)=O)C1. The standard InChI is InChI=1S/C8H12O5/c1-5(9)12-7-3-8(11-4-7)13-6(2)10/h7-8H,3-4H2,1-2H3. The highest BCUT2D eigenvalue weighted by Gasteiger charge is 2.29. The zero-order valence-corrected chi connectivity index (χ0v) is 7.61. The maximum absolute atomic E-state index is 10.5. The van der Waals surface area contributed by atoms with E-state index in [1.807, 2.05) is 0 Å². The van der Waals surface area contributed by atoms with Gasteiger partial charge in [-0.05, 0) is 0 Å². The van der Waals surface area contributed by atoms with Gasteiger partial charge >= 0.3 is 11.9 Å². The van der Waals surface area contributed by atoms with Crippen LogP contribution in [0.5, 0.6) is 0 Å². The van der Waals surface area contributed by atoms with Gasteiger partial charge in [0.1, 0.15) is 6.10 Å². The molecule has 1 aliphatic rings. The number of hydrogen-bond acceptors (Lipinski definition) is 5. The maximum Gasteiger partial charge on any atom is 0.304 e. The predicted molar refractivity (Wildman–Crippen MR) is 41.7 cm³/mol. The number of ether oxygens (including phenoxy) is 3. The molecule has 1 aliphatic heterocycles. The van der Waals surface area contributed by atoms with Gasteiger partial charge in [0.25, 0.3) is 0 Å². The normalized spacial score (nSPS) is 26.9. The zero-order chi connectivity index (χ0) is 9.84. The summed E-state index contributed by atoms with van der Waals surface area (Å²) in [6.07, 6.45) is -0.442. The van der Waals surface area contributed by atoms with Gasteiger partial charge in [-0.1, -0.05) is 0 Å². The summed E-state index contributed by atoms with van der Waals surface area (Å²) in [7, 11) is 0. The van der Waals surface area contributed by atoms with Crippen LogP contribution in [0.15, 0.2) is 0 Å². The van der Waals surface area contributed by atoms with Gasteiger partial charge in [0, 0.05) is 20.3 Å². The molecule has 0 aromatic heterocycles. The Balaban J connectivity index is 2.27. The van der Waals surface area contributed by atoms with Crippen molar-refractivity contribution in [2.45, 2.75) is 32.7 Å². The molecule has 2 unspecified atom stereocenters. The Labute approximate surface area is 76.0 Å². The second-order valence-electron chi connectivity index (χ2n) is 2.84. The first kappa shape index (κ1) is 9.98. The third-order valence-corrected chi connectivity index (χ3v) is 1.55. The van der Waals surface area contributed by atoms with Gasteiger partial charge in [-0.25, -0.2) is 0 Å². The van der Waals surface area contributed by atoms with Crippen LogP contribution in [0.1, 0.15) is 20.3 Å². The van der Waals surface area contributed by atoms with Crippen LogP contribution < -0.4 is 0 Å². The van der Waals surface area contributed by atoms with Crippen molar-refractivity contribution in [3.05, 3.63) is 0 Å². The van der Waals surface area contributed by atoms with Gasteiger partial charge in [-0.2, -0.15) is 0 Å². The number of hydrogen-bond donors (Lipinski definition) is 0. The van der Waals surface area contributed by atoms with Crippen LogP contribution in [0, 0.1) is 0 Å². The molecule has 1 rings (SSSR count). The van der Waals surface area contributed by atoms with Crippen LogP contribution in [-0.4, -0.2) is 30.9 Å². The molecule has 0 aromatic carbocycles. The Bertz CT molecular complexity index is 191. The summed E-state index contributed by atoms with van der Waals surface area (Å²) < 4.78 is 14.7. The number of carbonyl (C=O) groups excluding carboxylic acids is 2. The molecule has 13 heavy (non-hydrogen) atoms. The second-order valence-corrected chi connectivity index (χ2v) is 2.84. The lowest BCUT2D eigenvalue weighted by Crippen LogP contribution is -2.17. The molecule has 0 spiro atoms. The smallest absolute Gasteiger partial charge is 0.304 e. The highest BCUT2D eigenvalue weighted by molar-refractivity contribution is 5.66. The average Bonchev–Trinajstić information content (AvgIpc) is 2.33. The van der Waals surface area contributed by atoms with E-state index in [1.54, 1.807) is 0 Å². The zero-order valence-electron chi connectivity index (χ0n) is 7.61. The third-order valence-electron chi connectivity index (χ3n) is 1.55. The minimum atomic E-state index is -0.568. The van der Waals surface area contributed by atoms with Crippen LogP contribution >= 0.6 is 0 Å². The summed E-state index contributed by atoms with van der Waals surface area (Å²) in [6, 6.07) is 0. The van der Waals surface area contributed by atoms with Crippen molar-refractivity contribution < 1.29 is 23.8 Å². The van der Waals surface area contributed by atoms with Crippen molar-refractivity contribution in [2.75, 3.05) is 6.61 Å². The quantitative estimate of drug-likeness (QED) is 0.580. The van der Waals surface area contributed by atoms with Gasteiger partial charge in [0.15, 0.2) is 0 Å². The lowest BCUT2D eigenvalue weighted by atomic mass is 10.3. The average molecular weight is 188 g/mol. The molecule has 0 radical (unpaired) electrons. The fourth-order valence-corrected chi connectivity index (χ4v) is 1.15. The van der Waals surface area contributed by atoms with Crippen molar-refractivity contribution in [1.82, 2.24) is 0 Å². The molecule has 5 nitrogen and oxygen atoms in total. The minimum absolute atomic E-state index is 0.289. The molecular weight excluding hydrogens is 176 g/mol. The Kier molecular flexibility index (Phi) is 3.25. The second kappa shape index (κ2) is 4.23. The largest absolute Gasteiger partial charge is 0.460 e. The van der Waals surface area contributed by atoms with Crippen LogP contribution in [0.4, 0.5) is 0 Å². The van der Waals surface area contributed by atoms with Crippen LogP contribution in [-0.2, 0) is 23.8 Å². The molecule has 0 saturated carbocycles.